The maximum absolute atomic E-state index is 11.9. The van der Waals surface area contributed by atoms with Crippen molar-refractivity contribution in [3.63, 3.8) is 0 Å². The first-order valence-electron chi connectivity index (χ1n) is 6.44. The van der Waals surface area contributed by atoms with E-state index in [1.165, 1.54) is 6.92 Å². The molecule has 1 amide bonds. The zero-order valence-electron chi connectivity index (χ0n) is 11.7. The molecule has 0 aromatic heterocycles. The summed E-state index contributed by atoms with van der Waals surface area (Å²) in [6.07, 6.45) is 0. The Kier molecular flexibility index (Phi) is 5.74. The molecule has 0 unspecified atom stereocenters. The fourth-order valence-electron chi connectivity index (χ4n) is 1.72. The molecule has 0 heterocycles. The molecule has 2 aromatic carbocycles. The van der Waals surface area contributed by atoms with E-state index in [4.69, 9.17) is 4.74 Å². The van der Waals surface area contributed by atoms with Gasteiger partial charge < -0.3 is 10.1 Å². The van der Waals surface area contributed by atoms with Crippen LogP contribution in [0.15, 0.2) is 51.4 Å². The zero-order valence-corrected chi connectivity index (χ0v) is 14.9. The van der Waals surface area contributed by atoms with E-state index in [-0.39, 0.29) is 18.3 Å². The lowest BCUT2D eigenvalue weighted by atomic mass is 10.1. The van der Waals surface area contributed by atoms with Crippen molar-refractivity contribution < 1.29 is 14.3 Å². The zero-order chi connectivity index (χ0) is 16.1. The van der Waals surface area contributed by atoms with Gasteiger partial charge in [-0.2, -0.15) is 0 Å². The van der Waals surface area contributed by atoms with Gasteiger partial charge in [-0.05, 0) is 65.3 Å². The van der Waals surface area contributed by atoms with E-state index in [0.29, 0.717) is 17.0 Å². The minimum Gasteiger partial charge on any atom is -0.483 e. The van der Waals surface area contributed by atoms with E-state index in [9.17, 15) is 9.59 Å². The smallest absolute Gasteiger partial charge is 0.262 e. The van der Waals surface area contributed by atoms with Crippen LogP contribution in [-0.4, -0.2) is 18.3 Å². The Morgan fingerprint density at radius 1 is 1.09 bits per heavy atom. The molecule has 2 aromatic rings. The first kappa shape index (κ1) is 16.7. The van der Waals surface area contributed by atoms with Gasteiger partial charge in [0.2, 0.25) is 0 Å². The van der Waals surface area contributed by atoms with Crippen LogP contribution in [0.1, 0.15) is 17.3 Å². The fraction of sp³-hybridized carbons (Fsp3) is 0.125. The highest BCUT2D eigenvalue weighted by Gasteiger charge is 2.07. The number of benzene rings is 2. The van der Waals surface area contributed by atoms with E-state index in [2.05, 4.69) is 37.2 Å². The summed E-state index contributed by atoms with van der Waals surface area (Å²) in [6.45, 7) is 1.40. The van der Waals surface area contributed by atoms with Gasteiger partial charge in [0, 0.05) is 15.7 Å². The lowest BCUT2D eigenvalue weighted by molar-refractivity contribution is -0.118. The second-order valence-electron chi connectivity index (χ2n) is 4.55. The molecule has 114 valence electrons. The number of Topliss-reactive ketones (excluding diaryl/α,β-unsaturated/α-hetero) is 1. The second kappa shape index (κ2) is 7.56. The van der Waals surface area contributed by atoms with Gasteiger partial charge in [-0.1, -0.05) is 15.9 Å². The van der Waals surface area contributed by atoms with Crippen molar-refractivity contribution >= 4 is 49.2 Å². The largest absolute Gasteiger partial charge is 0.483 e. The summed E-state index contributed by atoms with van der Waals surface area (Å²) in [5.41, 5.74) is 1.22. The van der Waals surface area contributed by atoms with Crippen LogP contribution in [0.3, 0.4) is 0 Å². The number of hydrogen-bond acceptors (Lipinski definition) is 3. The Morgan fingerprint density at radius 2 is 1.77 bits per heavy atom. The van der Waals surface area contributed by atoms with Crippen LogP contribution in [0.25, 0.3) is 0 Å². The maximum Gasteiger partial charge on any atom is 0.262 e. The molecular formula is C16H13Br2NO3. The SMILES string of the molecule is CC(=O)c1ccc(NC(=O)COc2ccc(Br)cc2Br)cc1. The van der Waals surface area contributed by atoms with E-state index in [1.807, 2.05) is 12.1 Å². The lowest BCUT2D eigenvalue weighted by Gasteiger charge is -2.09. The van der Waals surface area contributed by atoms with Crippen LogP contribution in [0.4, 0.5) is 5.69 Å². The first-order valence-corrected chi connectivity index (χ1v) is 8.03. The molecular weight excluding hydrogens is 414 g/mol. The first-order chi connectivity index (χ1) is 10.5. The van der Waals surface area contributed by atoms with Crippen molar-refractivity contribution in [2.45, 2.75) is 6.92 Å². The molecule has 1 N–H and O–H groups in total. The molecule has 0 fully saturated rings. The summed E-state index contributed by atoms with van der Waals surface area (Å²) in [5.74, 6) is 0.303. The summed E-state index contributed by atoms with van der Waals surface area (Å²) in [7, 11) is 0. The predicted molar refractivity (Wildman–Crippen MR) is 92.4 cm³/mol. The van der Waals surface area contributed by atoms with Crippen molar-refractivity contribution in [1.29, 1.82) is 0 Å². The standard InChI is InChI=1S/C16H13Br2NO3/c1-10(20)11-2-5-13(6-3-11)19-16(21)9-22-15-7-4-12(17)8-14(15)18/h2-8H,9H2,1H3,(H,19,21). The molecule has 0 radical (unpaired) electrons. The summed E-state index contributed by atoms with van der Waals surface area (Å²) in [4.78, 5) is 23.0. The molecule has 0 aliphatic carbocycles. The normalized spacial score (nSPS) is 10.1. The van der Waals surface area contributed by atoms with Crippen molar-refractivity contribution in [1.82, 2.24) is 0 Å². The summed E-state index contributed by atoms with van der Waals surface area (Å²) < 4.78 is 7.14. The minimum atomic E-state index is -0.273. The summed E-state index contributed by atoms with van der Waals surface area (Å²) in [5, 5.41) is 2.71. The number of halogens is 2. The van der Waals surface area contributed by atoms with Crippen LogP contribution >= 0.6 is 31.9 Å². The Bertz CT molecular complexity index is 699. The second-order valence-corrected chi connectivity index (χ2v) is 6.32. The van der Waals surface area contributed by atoms with Crippen molar-refractivity contribution in [2.75, 3.05) is 11.9 Å². The van der Waals surface area contributed by atoms with Gasteiger partial charge in [-0.25, -0.2) is 0 Å². The molecule has 2 rings (SSSR count). The molecule has 0 aliphatic rings. The number of ether oxygens (including phenoxy) is 1. The number of ketones is 1. The van der Waals surface area contributed by atoms with Crippen LogP contribution in [0.2, 0.25) is 0 Å². The van der Waals surface area contributed by atoms with Gasteiger partial charge in [0.25, 0.3) is 5.91 Å². The quantitative estimate of drug-likeness (QED) is 0.719. The number of nitrogens with one attached hydrogen (secondary N) is 1. The predicted octanol–water partition coefficient (Wildman–Crippen LogP) is 4.43. The Labute approximate surface area is 145 Å². The monoisotopic (exact) mass is 425 g/mol. The lowest BCUT2D eigenvalue weighted by Crippen LogP contribution is -2.20. The number of carbonyl (C=O) groups excluding carboxylic acids is 2. The minimum absolute atomic E-state index is 0.0127. The average Bonchev–Trinajstić information content (AvgIpc) is 2.47. The van der Waals surface area contributed by atoms with E-state index < -0.39 is 0 Å². The maximum atomic E-state index is 11.9. The van der Waals surface area contributed by atoms with E-state index >= 15 is 0 Å². The van der Waals surface area contributed by atoms with Crippen molar-refractivity contribution in [3.8, 4) is 5.75 Å². The van der Waals surface area contributed by atoms with Crippen molar-refractivity contribution in [3.05, 3.63) is 57.0 Å². The third kappa shape index (κ3) is 4.68. The Balaban J connectivity index is 1.91. The molecule has 4 nitrogen and oxygen atoms in total. The Hall–Kier alpha value is -1.66. The van der Waals surface area contributed by atoms with Crippen LogP contribution in [-0.2, 0) is 4.79 Å². The Morgan fingerprint density at radius 3 is 2.36 bits per heavy atom. The molecule has 6 heteroatoms. The van der Waals surface area contributed by atoms with E-state index in [1.54, 1.807) is 30.3 Å². The van der Waals surface area contributed by atoms with Crippen LogP contribution in [0.5, 0.6) is 5.75 Å². The summed E-state index contributed by atoms with van der Waals surface area (Å²) >= 11 is 6.71. The van der Waals surface area contributed by atoms with Crippen LogP contribution in [0, 0.1) is 0 Å². The van der Waals surface area contributed by atoms with Gasteiger partial charge in [0.05, 0.1) is 4.47 Å². The van der Waals surface area contributed by atoms with Gasteiger partial charge in [0.1, 0.15) is 5.75 Å². The highest BCUT2D eigenvalue weighted by molar-refractivity contribution is 9.11. The molecule has 0 bridgehead atoms. The van der Waals surface area contributed by atoms with Crippen LogP contribution < -0.4 is 10.1 Å². The fourth-order valence-corrected chi connectivity index (χ4v) is 2.88. The average molecular weight is 427 g/mol. The van der Waals surface area contributed by atoms with Crippen molar-refractivity contribution in [2.24, 2.45) is 0 Å². The highest BCUT2D eigenvalue weighted by atomic mass is 79.9. The third-order valence-corrected chi connectivity index (χ3v) is 3.94. The van der Waals surface area contributed by atoms with E-state index in [0.717, 1.165) is 8.95 Å². The van der Waals surface area contributed by atoms with Gasteiger partial charge in [0.15, 0.2) is 12.4 Å². The number of amides is 1. The molecule has 0 atom stereocenters. The molecule has 0 aliphatic heterocycles. The third-order valence-electron chi connectivity index (χ3n) is 2.83. The number of carbonyl (C=O) groups is 2. The highest BCUT2D eigenvalue weighted by Crippen LogP contribution is 2.28. The van der Waals surface area contributed by atoms with Gasteiger partial charge in [-0.3, -0.25) is 9.59 Å². The number of rotatable bonds is 5. The summed E-state index contributed by atoms with van der Waals surface area (Å²) in [6, 6.07) is 12.2. The molecule has 0 saturated carbocycles. The van der Waals surface area contributed by atoms with Gasteiger partial charge >= 0.3 is 0 Å². The molecule has 0 saturated heterocycles. The molecule has 22 heavy (non-hydrogen) atoms. The topological polar surface area (TPSA) is 55.4 Å². The number of anilines is 1. The molecule has 0 spiro atoms. The van der Waals surface area contributed by atoms with Gasteiger partial charge in [-0.15, -0.1) is 0 Å². The number of hydrogen-bond donors (Lipinski definition) is 1.